The molecular weight excluding hydrogens is 684 g/mol. The quantitative estimate of drug-likeness (QED) is 0.104. The molecule has 1 N–H and O–H groups in total. The number of ketones is 2. The number of alkyl halides is 1. The van der Waals surface area contributed by atoms with E-state index in [2.05, 4.69) is 20.9 Å². The molecule has 2 atom stereocenters. The largest absolute Gasteiger partial charge is 0.497 e. The van der Waals surface area contributed by atoms with E-state index in [1.54, 1.807) is 62.4 Å². The summed E-state index contributed by atoms with van der Waals surface area (Å²) in [5.74, 6) is 1.49. The number of carboxylic acids is 1. The van der Waals surface area contributed by atoms with Gasteiger partial charge in [-0.25, -0.2) is 9.78 Å². The Labute approximate surface area is 288 Å². The smallest absolute Gasteiger partial charge is 0.416 e. The van der Waals surface area contributed by atoms with Crippen LogP contribution in [0.5, 0.6) is 17.2 Å². The number of aliphatic carboxylic acids is 1. The number of methoxy groups -OCH3 is 1. The minimum Gasteiger partial charge on any atom is -0.497 e. The van der Waals surface area contributed by atoms with Crippen LogP contribution in [0.4, 0.5) is 4.79 Å². The van der Waals surface area contributed by atoms with Crippen molar-refractivity contribution in [3.63, 3.8) is 0 Å². The second-order valence-electron chi connectivity index (χ2n) is 10.8. The minimum absolute atomic E-state index is 0.0480. The summed E-state index contributed by atoms with van der Waals surface area (Å²) < 4.78 is 22.3. The number of hydrogen-bond donors (Lipinski definition) is 1. The molecule has 4 aromatic rings. The molecule has 0 aliphatic rings. The van der Waals surface area contributed by atoms with E-state index in [0.717, 1.165) is 21.9 Å². The first kappa shape index (κ1) is 37.5. The van der Waals surface area contributed by atoms with Crippen molar-refractivity contribution in [2.75, 3.05) is 20.3 Å². The normalized spacial score (nSPS) is 11.7. The highest BCUT2D eigenvalue weighted by molar-refractivity contribution is 9.10. The highest BCUT2D eigenvalue weighted by Gasteiger charge is 2.26. The maximum Gasteiger partial charge on any atom is 0.416 e. The van der Waals surface area contributed by atoms with Crippen LogP contribution < -0.4 is 14.2 Å². The summed E-state index contributed by atoms with van der Waals surface area (Å²) in [4.78, 5) is 51.0. The number of oxazole rings is 1. The van der Waals surface area contributed by atoms with E-state index in [9.17, 15) is 24.3 Å². The number of carboxylic acid groups (broad SMARTS) is 1. The molecule has 0 radical (unpaired) electrons. The number of benzene rings is 3. The van der Waals surface area contributed by atoms with Gasteiger partial charge in [-0.3, -0.25) is 19.3 Å². The van der Waals surface area contributed by atoms with Gasteiger partial charge in [-0.2, -0.15) is 0 Å². The lowest BCUT2D eigenvalue weighted by molar-refractivity contribution is -0.138. The summed E-state index contributed by atoms with van der Waals surface area (Å²) >= 11 is 3.07. The Balaban J connectivity index is 0.000000609. The summed E-state index contributed by atoms with van der Waals surface area (Å²) in [7, 11) is 1.53. The Morgan fingerprint density at radius 2 is 1.60 bits per heavy atom. The van der Waals surface area contributed by atoms with Gasteiger partial charge in [-0.05, 0) is 81.8 Å². The van der Waals surface area contributed by atoms with E-state index < -0.39 is 24.6 Å². The van der Waals surface area contributed by atoms with Crippen molar-refractivity contribution in [3.05, 3.63) is 95.9 Å². The molecule has 0 saturated carbocycles. The Kier molecular flexibility index (Phi) is 14.4. The molecule has 0 bridgehead atoms. The van der Waals surface area contributed by atoms with Crippen LogP contribution in [0.1, 0.15) is 50.3 Å². The predicted octanol–water partition coefficient (Wildman–Crippen LogP) is 7.24. The molecule has 1 amide bonds. The fourth-order valence-corrected chi connectivity index (χ4v) is 4.53. The van der Waals surface area contributed by atoms with Crippen molar-refractivity contribution < 1.29 is 42.9 Å². The third-order valence-electron chi connectivity index (χ3n) is 7.00. The average molecular weight is 724 g/mol. The van der Waals surface area contributed by atoms with E-state index in [1.807, 2.05) is 37.3 Å². The minimum atomic E-state index is -1.15. The van der Waals surface area contributed by atoms with Gasteiger partial charge < -0.3 is 23.7 Å². The lowest BCUT2D eigenvalue weighted by Crippen LogP contribution is -2.39. The molecule has 1 heterocycles. The molecule has 1 aromatic heterocycles. The maximum absolute atomic E-state index is 12.9. The Hall–Kier alpha value is -4.97. The lowest BCUT2D eigenvalue weighted by atomic mass is 10.1. The van der Waals surface area contributed by atoms with Gasteiger partial charge in [-0.15, -0.1) is 0 Å². The monoisotopic (exact) mass is 722 g/mol. The Morgan fingerprint density at radius 3 is 2.19 bits per heavy atom. The summed E-state index contributed by atoms with van der Waals surface area (Å²) in [5.41, 5.74) is 2.42. The standard InChI is InChI=1S/C30H30N2O7.C6H9BrO2/c1-20(32(19-28(33)34)30(35)39-25-14-12-24(36-3)13-15-25)23-10-7-11-26(18-23)37-17-16-27-21(2)38-29(31-27)22-8-5-4-6-9-22;1-4(8)3-6(9)5(2)7/h4-15,18,20H,16-17,19H2,1-3H3,(H,33,34);5H,3H2,1-2H3/t20-;/m0./s1. The summed E-state index contributed by atoms with van der Waals surface area (Å²) in [5, 5.41) is 9.43. The van der Waals surface area contributed by atoms with Crippen LogP contribution in [0.15, 0.2) is 83.3 Å². The number of ether oxygens (including phenoxy) is 3. The second-order valence-corrected chi connectivity index (χ2v) is 12.1. The SMILES string of the molecule is CC(=O)CC(=O)C(C)Br.COc1ccc(OC(=O)N(CC(=O)O)[C@@H](C)c2cccc(OCCc3nc(-c4ccccc4)oc3C)c2)cc1. The molecule has 254 valence electrons. The molecule has 3 aromatic carbocycles. The first-order valence-electron chi connectivity index (χ1n) is 15.1. The zero-order chi connectivity index (χ0) is 35.2. The van der Waals surface area contributed by atoms with Crippen LogP contribution in [0.3, 0.4) is 0 Å². The summed E-state index contributed by atoms with van der Waals surface area (Å²) in [6.45, 7) is 6.56. The lowest BCUT2D eigenvalue weighted by Gasteiger charge is -2.27. The van der Waals surface area contributed by atoms with E-state index in [4.69, 9.17) is 18.6 Å². The van der Waals surface area contributed by atoms with Crippen LogP contribution in [-0.4, -0.2) is 63.7 Å². The van der Waals surface area contributed by atoms with Crippen molar-refractivity contribution in [1.29, 1.82) is 0 Å². The zero-order valence-corrected chi connectivity index (χ0v) is 29.1. The number of amides is 1. The maximum atomic E-state index is 12.9. The summed E-state index contributed by atoms with van der Waals surface area (Å²) in [6, 6.07) is 22.7. The zero-order valence-electron chi connectivity index (χ0n) is 27.5. The van der Waals surface area contributed by atoms with Crippen LogP contribution in [0.25, 0.3) is 11.5 Å². The van der Waals surface area contributed by atoms with Gasteiger partial charge in [0.25, 0.3) is 0 Å². The Bertz CT molecular complexity index is 1670. The number of nitrogens with zero attached hydrogens (tertiary/aromatic N) is 2. The van der Waals surface area contributed by atoms with Crippen LogP contribution >= 0.6 is 15.9 Å². The topological polar surface area (TPSA) is 145 Å². The molecule has 0 aliphatic heterocycles. The second kappa shape index (κ2) is 18.4. The van der Waals surface area contributed by atoms with E-state index >= 15 is 0 Å². The molecule has 1 unspecified atom stereocenters. The molecule has 11 nitrogen and oxygen atoms in total. The van der Waals surface area contributed by atoms with Crippen LogP contribution in [0, 0.1) is 6.92 Å². The number of rotatable bonds is 14. The van der Waals surface area contributed by atoms with E-state index in [-0.39, 0.29) is 28.6 Å². The van der Waals surface area contributed by atoms with Crippen molar-refractivity contribution in [3.8, 4) is 28.7 Å². The molecule has 48 heavy (non-hydrogen) atoms. The number of aryl methyl sites for hydroxylation is 1. The highest BCUT2D eigenvalue weighted by atomic mass is 79.9. The van der Waals surface area contributed by atoms with Crippen molar-refractivity contribution >= 4 is 39.6 Å². The number of carbonyl (C=O) groups excluding carboxylic acids is 3. The first-order valence-corrected chi connectivity index (χ1v) is 16.0. The molecule has 0 fully saturated rings. The molecule has 0 saturated heterocycles. The number of carbonyl (C=O) groups is 4. The van der Waals surface area contributed by atoms with Crippen molar-refractivity contribution in [1.82, 2.24) is 9.88 Å². The number of halogens is 1. The molecule has 0 spiro atoms. The molecule has 4 rings (SSSR count). The average Bonchev–Trinajstić information content (AvgIpc) is 3.44. The number of hydrogen-bond acceptors (Lipinski definition) is 9. The molecular formula is C36H39BrN2O9. The molecule has 0 aliphatic carbocycles. The van der Waals surface area contributed by atoms with Gasteiger partial charge in [0.05, 0.1) is 36.7 Å². The van der Waals surface area contributed by atoms with E-state index in [0.29, 0.717) is 36.0 Å². The fraction of sp³-hybridized carbons (Fsp3) is 0.306. The summed E-state index contributed by atoms with van der Waals surface area (Å²) in [6.07, 6.45) is -0.189. The van der Waals surface area contributed by atoms with Gasteiger partial charge in [0.15, 0.2) is 5.78 Å². The number of aromatic nitrogens is 1. The first-order chi connectivity index (χ1) is 22.9. The van der Waals surface area contributed by atoms with Gasteiger partial charge in [0, 0.05) is 12.0 Å². The van der Waals surface area contributed by atoms with Crippen molar-refractivity contribution in [2.24, 2.45) is 0 Å². The Morgan fingerprint density at radius 1 is 0.938 bits per heavy atom. The highest BCUT2D eigenvalue weighted by Crippen LogP contribution is 2.27. The molecule has 12 heteroatoms. The van der Waals surface area contributed by atoms with Gasteiger partial charge in [0.2, 0.25) is 5.89 Å². The van der Waals surface area contributed by atoms with Crippen LogP contribution in [-0.2, 0) is 20.8 Å². The van der Waals surface area contributed by atoms with Gasteiger partial charge >= 0.3 is 12.1 Å². The van der Waals surface area contributed by atoms with Gasteiger partial charge in [0.1, 0.15) is 35.3 Å². The number of Topliss-reactive ketones (excluding diaryl/α,β-unsaturated/α-hetero) is 2. The predicted molar refractivity (Wildman–Crippen MR) is 183 cm³/mol. The fourth-order valence-electron chi connectivity index (χ4n) is 4.37. The van der Waals surface area contributed by atoms with Crippen LogP contribution in [0.2, 0.25) is 0 Å². The van der Waals surface area contributed by atoms with Crippen molar-refractivity contribution in [2.45, 2.75) is 51.4 Å². The van der Waals surface area contributed by atoms with E-state index in [1.165, 1.54) is 14.0 Å². The third-order valence-corrected chi connectivity index (χ3v) is 7.51. The van der Waals surface area contributed by atoms with Gasteiger partial charge in [-0.1, -0.05) is 46.3 Å². The third kappa shape index (κ3) is 11.7.